The summed E-state index contributed by atoms with van der Waals surface area (Å²) in [6.07, 6.45) is 0.585. The second-order valence-corrected chi connectivity index (χ2v) is 6.58. The molecular weight excluding hydrogens is 362 g/mol. The van der Waals surface area contributed by atoms with Crippen LogP contribution < -0.4 is 0 Å². The van der Waals surface area contributed by atoms with Crippen LogP contribution in [0.5, 0.6) is 0 Å². The third-order valence-electron chi connectivity index (χ3n) is 3.60. The van der Waals surface area contributed by atoms with Crippen LogP contribution in [-0.4, -0.2) is 37.6 Å². The molecular formula is C17H16F2N4O2S. The number of nitrogens with zero attached hydrogens (tertiary/aromatic N) is 4. The first-order chi connectivity index (χ1) is 12.5. The lowest BCUT2D eigenvalue weighted by Crippen LogP contribution is -2.19. The molecule has 1 atom stereocenters. The SMILES string of the molecule is CCOC(=O)C(CC)Sc1ccc2nnc(-c3ccc(F)c(F)c3)n2n1. The lowest BCUT2D eigenvalue weighted by molar-refractivity contribution is -0.142. The van der Waals surface area contributed by atoms with Gasteiger partial charge in [0.1, 0.15) is 10.3 Å². The molecule has 0 aliphatic carbocycles. The summed E-state index contributed by atoms with van der Waals surface area (Å²) in [7, 11) is 0. The molecule has 3 rings (SSSR count). The van der Waals surface area contributed by atoms with Crippen LogP contribution in [0.3, 0.4) is 0 Å². The number of carbonyl (C=O) groups is 1. The van der Waals surface area contributed by atoms with Crippen LogP contribution >= 0.6 is 11.8 Å². The van der Waals surface area contributed by atoms with Gasteiger partial charge in [-0.05, 0) is 43.7 Å². The van der Waals surface area contributed by atoms with E-state index >= 15 is 0 Å². The molecule has 1 aromatic carbocycles. The van der Waals surface area contributed by atoms with Crippen LogP contribution in [0.1, 0.15) is 20.3 Å². The first-order valence-electron chi connectivity index (χ1n) is 8.04. The number of aromatic nitrogens is 4. The number of hydrogen-bond acceptors (Lipinski definition) is 6. The normalized spacial score (nSPS) is 12.3. The Hall–Kier alpha value is -2.55. The molecule has 0 radical (unpaired) electrons. The second-order valence-electron chi connectivity index (χ2n) is 5.36. The summed E-state index contributed by atoms with van der Waals surface area (Å²) in [4.78, 5) is 12.0. The van der Waals surface area contributed by atoms with Crippen molar-refractivity contribution < 1.29 is 18.3 Å². The van der Waals surface area contributed by atoms with E-state index < -0.39 is 11.6 Å². The number of rotatable bonds is 6. The summed E-state index contributed by atoms with van der Waals surface area (Å²) in [5, 5.41) is 12.6. The minimum absolute atomic E-state index is 0.283. The molecule has 3 aromatic rings. The van der Waals surface area contributed by atoms with Crippen molar-refractivity contribution in [3.63, 3.8) is 0 Å². The molecule has 1 unspecified atom stereocenters. The Morgan fingerprint density at radius 3 is 2.69 bits per heavy atom. The lowest BCUT2D eigenvalue weighted by atomic mass is 10.2. The maximum atomic E-state index is 13.5. The van der Waals surface area contributed by atoms with Crippen LogP contribution in [0.4, 0.5) is 8.78 Å². The van der Waals surface area contributed by atoms with Crippen LogP contribution in [0, 0.1) is 11.6 Å². The van der Waals surface area contributed by atoms with Gasteiger partial charge in [0, 0.05) is 5.56 Å². The minimum atomic E-state index is -0.974. The Morgan fingerprint density at radius 1 is 1.19 bits per heavy atom. The average Bonchev–Trinajstić information content (AvgIpc) is 3.05. The van der Waals surface area contributed by atoms with Gasteiger partial charge in [0.05, 0.1) is 6.61 Å². The highest BCUT2D eigenvalue weighted by Gasteiger charge is 2.21. The molecule has 136 valence electrons. The predicted molar refractivity (Wildman–Crippen MR) is 92.7 cm³/mol. The number of carbonyl (C=O) groups excluding carboxylic acids is 1. The van der Waals surface area contributed by atoms with Gasteiger partial charge in [-0.3, -0.25) is 4.79 Å². The standard InChI is InChI=1S/C17H16F2N4O2S/c1-3-13(17(24)25-4-2)26-15-8-7-14-20-21-16(23(14)22-15)10-5-6-11(18)12(19)9-10/h5-9,13H,3-4H2,1-2H3. The molecule has 0 bridgehead atoms. The molecule has 0 amide bonds. The Balaban J connectivity index is 1.95. The topological polar surface area (TPSA) is 69.4 Å². The molecule has 6 nitrogen and oxygen atoms in total. The van der Waals surface area contributed by atoms with Crippen molar-refractivity contribution in [1.82, 2.24) is 19.8 Å². The maximum Gasteiger partial charge on any atom is 0.319 e. The number of hydrogen-bond donors (Lipinski definition) is 0. The molecule has 0 spiro atoms. The first kappa shape index (κ1) is 18.2. The smallest absolute Gasteiger partial charge is 0.319 e. The molecule has 0 saturated heterocycles. The third kappa shape index (κ3) is 3.67. The van der Waals surface area contributed by atoms with E-state index in [0.29, 0.717) is 29.3 Å². The maximum absolute atomic E-state index is 13.5. The van der Waals surface area contributed by atoms with E-state index in [0.717, 1.165) is 12.1 Å². The van der Waals surface area contributed by atoms with Gasteiger partial charge in [0.25, 0.3) is 0 Å². The number of benzene rings is 1. The quantitative estimate of drug-likeness (QED) is 0.483. The second kappa shape index (κ2) is 7.77. The monoisotopic (exact) mass is 378 g/mol. The van der Waals surface area contributed by atoms with E-state index in [1.807, 2.05) is 6.92 Å². The Kier molecular flexibility index (Phi) is 5.46. The van der Waals surface area contributed by atoms with E-state index in [4.69, 9.17) is 4.74 Å². The van der Waals surface area contributed by atoms with Crippen molar-refractivity contribution in [3.8, 4) is 11.4 Å². The van der Waals surface area contributed by atoms with Gasteiger partial charge >= 0.3 is 5.97 Å². The van der Waals surface area contributed by atoms with Gasteiger partial charge in [-0.25, -0.2) is 8.78 Å². The van der Waals surface area contributed by atoms with Gasteiger partial charge in [0.2, 0.25) is 0 Å². The van der Waals surface area contributed by atoms with Crippen molar-refractivity contribution in [2.75, 3.05) is 6.61 Å². The molecule has 26 heavy (non-hydrogen) atoms. The molecule has 2 aromatic heterocycles. The van der Waals surface area contributed by atoms with Crippen molar-refractivity contribution in [2.24, 2.45) is 0 Å². The van der Waals surface area contributed by atoms with E-state index in [1.54, 1.807) is 19.1 Å². The lowest BCUT2D eigenvalue weighted by Gasteiger charge is -2.12. The number of ether oxygens (including phenoxy) is 1. The van der Waals surface area contributed by atoms with E-state index in [1.165, 1.54) is 22.3 Å². The summed E-state index contributed by atoms with van der Waals surface area (Å²) in [5.74, 6) is -1.93. The zero-order valence-electron chi connectivity index (χ0n) is 14.1. The van der Waals surface area contributed by atoms with Gasteiger partial charge in [-0.15, -0.1) is 10.2 Å². The van der Waals surface area contributed by atoms with E-state index in [-0.39, 0.29) is 17.0 Å². The molecule has 0 fully saturated rings. The van der Waals surface area contributed by atoms with Crippen molar-refractivity contribution in [3.05, 3.63) is 42.0 Å². The van der Waals surface area contributed by atoms with Crippen molar-refractivity contribution in [1.29, 1.82) is 0 Å². The average molecular weight is 378 g/mol. The Labute approximate surface area is 152 Å². The van der Waals surface area contributed by atoms with Crippen molar-refractivity contribution in [2.45, 2.75) is 30.5 Å². The van der Waals surface area contributed by atoms with Crippen LogP contribution in [0.15, 0.2) is 35.4 Å². The summed E-state index contributed by atoms with van der Waals surface area (Å²) >= 11 is 1.27. The fraction of sp³-hybridized carbons (Fsp3) is 0.294. The van der Waals surface area contributed by atoms with Crippen LogP contribution in [-0.2, 0) is 9.53 Å². The highest BCUT2D eigenvalue weighted by atomic mass is 32.2. The summed E-state index contributed by atoms with van der Waals surface area (Å²) in [6.45, 7) is 3.96. The van der Waals surface area contributed by atoms with Crippen LogP contribution in [0.25, 0.3) is 17.0 Å². The largest absolute Gasteiger partial charge is 0.465 e. The van der Waals surface area contributed by atoms with Gasteiger partial charge in [-0.2, -0.15) is 9.61 Å². The third-order valence-corrected chi connectivity index (χ3v) is 4.87. The molecule has 9 heteroatoms. The van der Waals surface area contributed by atoms with Crippen LogP contribution in [0.2, 0.25) is 0 Å². The van der Waals surface area contributed by atoms with Gasteiger partial charge in [-0.1, -0.05) is 18.7 Å². The summed E-state index contributed by atoms with van der Waals surface area (Å²) in [5.41, 5.74) is 0.807. The number of esters is 1. The highest BCUT2D eigenvalue weighted by Crippen LogP contribution is 2.26. The Morgan fingerprint density at radius 2 is 2.00 bits per heavy atom. The summed E-state index contributed by atoms with van der Waals surface area (Å²) in [6, 6.07) is 6.90. The molecule has 2 heterocycles. The number of thioether (sulfide) groups is 1. The molecule has 0 aliphatic rings. The van der Waals surface area contributed by atoms with Crippen molar-refractivity contribution >= 4 is 23.4 Å². The Bertz CT molecular complexity index is 948. The van der Waals surface area contributed by atoms with E-state index in [9.17, 15) is 13.6 Å². The zero-order chi connectivity index (χ0) is 18.7. The van der Waals surface area contributed by atoms with Gasteiger partial charge in [0.15, 0.2) is 23.1 Å². The highest BCUT2D eigenvalue weighted by molar-refractivity contribution is 8.00. The molecule has 0 aliphatic heterocycles. The minimum Gasteiger partial charge on any atom is -0.465 e. The summed E-state index contributed by atoms with van der Waals surface area (Å²) < 4.78 is 33.2. The molecule has 0 saturated carbocycles. The van der Waals surface area contributed by atoms with E-state index in [2.05, 4.69) is 15.3 Å². The molecule has 0 N–H and O–H groups in total. The predicted octanol–water partition coefficient (Wildman–Crippen LogP) is 3.50. The fourth-order valence-electron chi connectivity index (χ4n) is 2.33. The zero-order valence-corrected chi connectivity index (χ0v) is 15.0. The fourth-order valence-corrected chi connectivity index (χ4v) is 3.23. The van der Waals surface area contributed by atoms with Gasteiger partial charge < -0.3 is 4.74 Å². The number of fused-ring (bicyclic) bond motifs is 1. The number of halogens is 2. The first-order valence-corrected chi connectivity index (χ1v) is 8.92.